The zero-order chi connectivity index (χ0) is 6.85. The van der Waals surface area contributed by atoms with E-state index in [2.05, 4.69) is 4.98 Å². The summed E-state index contributed by atoms with van der Waals surface area (Å²) in [6, 6.07) is 0. The molecule has 0 aliphatic carbocycles. The van der Waals surface area contributed by atoms with E-state index in [1.165, 1.54) is 0 Å². The van der Waals surface area contributed by atoms with Gasteiger partial charge in [-0.3, -0.25) is 0 Å². The van der Waals surface area contributed by atoms with Gasteiger partial charge in [0.25, 0.3) is 0 Å². The van der Waals surface area contributed by atoms with E-state index in [-0.39, 0.29) is 0 Å². The minimum atomic E-state index is 0.518. The first kappa shape index (κ1) is 6.29. The average Bonchev–Trinajstić information content (AvgIpc) is 2.15. The second kappa shape index (κ2) is 2.19. The zero-order valence-electron chi connectivity index (χ0n) is 5.76. The Bertz CT molecular complexity index is 202. The van der Waals surface area contributed by atoms with Crippen LogP contribution in [0.4, 0.5) is 0 Å². The Morgan fingerprint density at radius 2 is 2.44 bits per heavy atom. The van der Waals surface area contributed by atoms with Crippen molar-refractivity contribution in [2.45, 2.75) is 13.5 Å². The van der Waals surface area contributed by atoms with Crippen LogP contribution in [0.5, 0.6) is 0 Å². The molecule has 9 heavy (non-hydrogen) atoms. The van der Waals surface area contributed by atoms with E-state index in [1.54, 1.807) is 0 Å². The van der Waals surface area contributed by atoms with E-state index in [9.17, 15) is 0 Å². The molecular formula is C6H11N3. The van der Waals surface area contributed by atoms with E-state index in [1.807, 2.05) is 24.7 Å². The molecule has 0 amide bonds. The smallest absolute Gasteiger partial charge is 0.122 e. The third-order valence-corrected chi connectivity index (χ3v) is 1.50. The van der Waals surface area contributed by atoms with Crippen molar-refractivity contribution in [2.24, 2.45) is 12.8 Å². The second-order valence-corrected chi connectivity index (χ2v) is 2.08. The van der Waals surface area contributed by atoms with Crippen molar-refractivity contribution in [1.82, 2.24) is 9.55 Å². The van der Waals surface area contributed by atoms with E-state index in [0.717, 1.165) is 11.5 Å². The number of nitrogens with two attached hydrogens (primary N) is 1. The standard InChI is InChI=1S/C6H11N3/c1-5-4-8-6(3-7)9(5)2/h4H,3,7H2,1-2H3. The van der Waals surface area contributed by atoms with E-state index >= 15 is 0 Å². The van der Waals surface area contributed by atoms with Crippen molar-refractivity contribution in [3.05, 3.63) is 17.7 Å². The zero-order valence-corrected chi connectivity index (χ0v) is 5.76. The van der Waals surface area contributed by atoms with Crippen molar-refractivity contribution in [2.75, 3.05) is 0 Å². The second-order valence-electron chi connectivity index (χ2n) is 2.08. The molecule has 0 saturated carbocycles. The van der Waals surface area contributed by atoms with Gasteiger partial charge in [0, 0.05) is 18.9 Å². The highest BCUT2D eigenvalue weighted by atomic mass is 15.1. The van der Waals surface area contributed by atoms with Gasteiger partial charge in [-0.25, -0.2) is 4.98 Å². The van der Waals surface area contributed by atoms with Crippen LogP contribution in [0.15, 0.2) is 6.20 Å². The summed E-state index contributed by atoms with van der Waals surface area (Å²) in [4.78, 5) is 4.07. The maximum absolute atomic E-state index is 5.38. The van der Waals surface area contributed by atoms with Crippen LogP contribution in [0.3, 0.4) is 0 Å². The van der Waals surface area contributed by atoms with E-state index in [0.29, 0.717) is 6.54 Å². The first-order valence-electron chi connectivity index (χ1n) is 2.93. The topological polar surface area (TPSA) is 43.8 Å². The molecular weight excluding hydrogens is 114 g/mol. The fourth-order valence-corrected chi connectivity index (χ4v) is 0.734. The van der Waals surface area contributed by atoms with Crippen LogP contribution >= 0.6 is 0 Å². The molecule has 0 aromatic carbocycles. The summed E-state index contributed by atoms with van der Waals surface area (Å²) in [5.74, 6) is 0.938. The summed E-state index contributed by atoms with van der Waals surface area (Å²) in [6.07, 6.45) is 1.82. The van der Waals surface area contributed by atoms with E-state index in [4.69, 9.17) is 5.73 Å². The Balaban J connectivity index is 3.04. The first-order chi connectivity index (χ1) is 4.25. The predicted octanol–water partition coefficient (Wildman–Crippen LogP) is 0.187. The van der Waals surface area contributed by atoms with Gasteiger partial charge in [-0.1, -0.05) is 0 Å². The summed E-state index contributed by atoms with van der Waals surface area (Å²) in [5, 5.41) is 0. The van der Waals surface area contributed by atoms with Crippen LogP contribution in [0.1, 0.15) is 11.5 Å². The molecule has 1 rings (SSSR count). The van der Waals surface area contributed by atoms with Crippen LogP contribution in [0, 0.1) is 6.92 Å². The molecule has 0 bridgehead atoms. The van der Waals surface area contributed by atoms with Crippen LogP contribution in [-0.2, 0) is 13.6 Å². The largest absolute Gasteiger partial charge is 0.334 e. The Hall–Kier alpha value is -0.830. The highest BCUT2D eigenvalue weighted by Gasteiger charge is 1.97. The Labute approximate surface area is 54.5 Å². The molecule has 0 fully saturated rings. The van der Waals surface area contributed by atoms with Gasteiger partial charge >= 0.3 is 0 Å². The van der Waals surface area contributed by atoms with Crippen molar-refractivity contribution >= 4 is 0 Å². The minimum absolute atomic E-state index is 0.518. The average molecular weight is 125 g/mol. The number of aryl methyl sites for hydroxylation is 1. The number of imidazole rings is 1. The Morgan fingerprint density at radius 3 is 2.67 bits per heavy atom. The molecule has 50 valence electrons. The summed E-state index contributed by atoms with van der Waals surface area (Å²) in [5.41, 5.74) is 6.53. The van der Waals surface area contributed by atoms with Gasteiger partial charge in [0.2, 0.25) is 0 Å². The predicted molar refractivity (Wildman–Crippen MR) is 35.8 cm³/mol. The van der Waals surface area contributed by atoms with Crippen LogP contribution in [0.2, 0.25) is 0 Å². The van der Waals surface area contributed by atoms with Gasteiger partial charge in [-0.15, -0.1) is 0 Å². The van der Waals surface area contributed by atoms with Gasteiger partial charge in [0.1, 0.15) is 5.82 Å². The van der Waals surface area contributed by atoms with Gasteiger partial charge in [0.05, 0.1) is 6.54 Å². The fraction of sp³-hybridized carbons (Fsp3) is 0.500. The number of nitrogens with zero attached hydrogens (tertiary/aromatic N) is 2. The maximum atomic E-state index is 5.38. The summed E-state index contributed by atoms with van der Waals surface area (Å²) in [6.45, 7) is 2.52. The highest BCUT2D eigenvalue weighted by Crippen LogP contribution is 1.98. The summed E-state index contributed by atoms with van der Waals surface area (Å²) in [7, 11) is 1.96. The molecule has 0 aliphatic rings. The third-order valence-electron chi connectivity index (χ3n) is 1.50. The number of rotatable bonds is 1. The number of aromatic nitrogens is 2. The first-order valence-corrected chi connectivity index (χ1v) is 2.93. The lowest BCUT2D eigenvalue weighted by Crippen LogP contribution is -2.05. The van der Waals surface area contributed by atoms with Crippen molar-refractivity contribution in [1.29, 1.82) is 0 Å². The molecule has 3 nitrogen and oxygen atoms in total. The number of hydrogen-bond donors (Lipinski definition) is 1. The molecule has 0 atom stereocenters. The van der Waals surface area contributed by atoms with Crippen LogP contribution < -0.4 is 5.73 Å². The molecule has 1 aromatic heterocycles. The van der Waals surface area contributed by atoms with Crippen molar-refractivity contribution in [3.8, 4) is 0 Å². The molecule has 3 heteroatoms. The SMILES string of the molecule is Cc1cnc(CN)n1C. The molecule has 1 aromatic rings. The molecule has 0 saturated heterocycles. The summed E-state index contributed by atoms with van der Waals surface area (Å²) >= 11 is 0. The van der Waals surface area contributed by atoms with E-state index < -0.39 is 0 Å². The highest BCUT2D eigenvalue weighted by molar-refractivity contribution is 5.01. The van der Waals surface area contributed by atoms with Gasteiger partial charge < -0.3 is 10.3 Å². The minimum Gasteiger partial charge on any atom is -0.334 e. The lowest BCUT2D eigenvalue weighted by Gasteiger charge is -1.97. The molecule has 0 unspecified atom stereocenters. The van der Waals surface area contributed by atoms with Gasteiger partial charge in [-0.2, -0.15) is 0 Å². The van der Waals surface area contributed by atoms with Gasteiger partial charge in [-0.05, 0) is 6.92 Å². The van der Waals surface area contributed by atoms with Gasteiger partial charge in [0.15, 0.2) is 0 Å². The quantitative estimate of drug-likeness (QED) is 0.582. The summed E-state index contributed by atoms with van der Waals surface area (Å²) < 4.78 is 1.99. The number of hydrogen-bond acceptors (Lipinski definition) is 2. The molecule has 0 spiro atoms. The monoisotopic (exact) mass is 125 g/mol. The third kappa shape index (κ3) is 0.954. The molecule has 1 heterocycles. The van der Waals surface area contributed by atoms with Crippen molar-refractivity contribution < 1.29 is 0 Å². The lowest BCUT2D eigenvalue weighted by atomic mass is 10.5. The lowest BCUT2D eigenvalue weighted by molar-refractivity contribution is 0.774. The van der Waals surface area contributed by atoms with Crippen LogP contribution in [0.25, 0.3) is 0 Å². The van der Waals surface area contributed by atoms with Crippen LogP contribution in [-0.4, -0.2) is 9.55 Å². The Morgan fingerprint density at radius 1 is 1.78 bits per heavy atom. The molecule has 0 aliphatic heterocycles. The van der Waals surface area contributed by atoms with Crippen molar-refractivity contribution in [3.63, 3.8) is 0 Å². The molecule has 0 radical (unpaired) electrons. The molecule has 2 N–H and O–H groups in total. The Kier molecular flexibility index (Phi) is 1.53. The fourth-order valence-electron chi connectivity index (χ4n) is 0.734. The normalized spacial score (nSPS) is 10.1. The maximum Gasteiger partial charge on any atom is 0.122 e.